The summed E-state index contributed by atoms with van der Waals surface area (Å²) in [6.45, 7) is 0. The van der Waals surface area contributed by atoms with Gasteiger partial charge in [-0.15, -0.1) is 0 Å². The SMILES string of the molecule is CO[C@@H]1CC(=O)C[C@H]2C=C(Cl)c3nonc3[C@]21[N+](=O)[O-]. The molecule has 106 valence electrons. The van der Waals surface area contributed by atoms with Crippen molar-refractivity contribution >= 4 is 22.4 Å². The fourth-order valence-electron chi connectivity index (χ4n) is 3.07. The van der Waals surface area contributed by atoms with Crippen LogP contribution in [0.4, 0.5) is 0 Å². The van der Waals surface area contributed by atoms with E-state index in [0.717, 1.165) is 0 Å². The standard InChI is InChI=1S/C11H10ClN3O5/c1-19-8-4-6(16)2-5-3-7(12)9-10(14-20-13-9)11(5,8)15(17)18/h3,5,8H,2,4H2,1H3/t5-,8+,11-/m0/s1. The van der Waals surface area contributed by atoms with Gasteiger partial charge in [-0.2, -0.15) is 0 Å². The monoisotopic (exact) mass is 299 g/mol. The normalized spacial score (nSPS) is 32.3. The average Bonchev–Trinajstić information content (AvgIpc) is 2.87. The highest BCUT2D eigenvalue weighted by Gasteiger charge is 2.66. The van der Waals surface area contributed by atoms with E-state index in [9.17, 15) is 14.9 Å². The summed E-state index contributed by atoms with van der Waals surface area (Å²) in [4.78, 5) is 23.1. The number of fused-ring (bicyclic) bond motifs is 3. The Labute approximate surface area is 117 Å². The number of halogens is 1. The number of aromatic nitrogens is 2. The summed E-state index contributed by atoms with van der Waals surface area (Å²) in [5.41, 5.74) is -1.52. The van der Waals surface area contributed by atoms with Crippen LogP contribution in [0.25, 0.3) is 5.03 Å². The van der Waals surface area contributed by atoms with Gasteiger partial charge in [0.15, 0.2) is 11.4 Å². The van der Waals surface area contributed by atoms with E-state index < -0.39 is 22.5 Å². The Bertz CT molecular complexity index is 627. The molecule has 3 rings (SSSR count). The predicted octanol–water partition coefficient (Wildman–Crippen LogP) is 1.13. The highest BCUT2D eigenvalue weighted by molar-refractivity contribution is 6.48. The molecule has 0 aliphatic heterocycles. The Morgan fingerprint density at radius 2 is 2.30 bits per heavy atom. The zero-order valence-electron chi connectivity index (χ0n) is 10.4. The summed E-state index contributed by atoms with van der Waals surface area (Å²) in [5, 5.41) is 19.3. The molecule has 0 N–H and O–H groups in total. The third-order valence-electron chi connectivity index (χ3n) is 3.95. The molecular weight excluding hydrogens is 290 g/mol. The first-order valence-corrected chi connectivity index (χ1v) is 6.29. The van der Waals surface area contributed by atoms with E-state index in [1.54, 1.807) is 0 Å². The van der Waals surface area contributed by atoms with Gasteiger partial charge in [0.25, 0.3) is 0 Å². The number of hydrogen-bond acceptors (Lipinski definition) is 7. The molecule has 3 atom stereocenters. The number of ketones is 1. The first kappa shape index (κ1) is 13.2. The van der Waals surface area contributed by atoms with Crippen molar-refractivity contribution in [2.45, 2.75) is 24.5 Å². The van der Waals surface area contributed by atoms with Gasteiger partial charge in [0.2, 0.25) is 0 Å². The van der Waals surface area contributed by atoms with Crippen molar-refractivity contribution < 1.29 is 19.1 Å². The summed E-state index contributed by atoms with van der Waals surface area (Å²) in [6, 6.07) is 0. The van der Waals surface area contributed by atoms with E-state index in [-0.39, 0.29) is 35.0 Å². The van der Waals surface area contributed by atoms with E-state index in [1.165, 1.54) is 13.2 Å². The molecule has 0 unspecified atom stereocenters. The molecule has 1 saturated carbocycles. The van der Waals surface area contributed by atoms with Gasteiger partial charge in [0, 0.05) is 24.9 Å². The number of nitrogens with zero attached hydrogens (tertiary/aromatic N) is 3. The van der Waals surface area contributed by atoms with Gasteiger partial charge >= 0.3 is 5.54 Å². The van der Waals surface area contributed by atoms with Gasteiger partial charge in [-0.3, -0.25) is 14.9 Å². The molecule has 1 aromatic heterocycles. The Hall–Kier alpha value is -1.80. The highest BCUT2D eigenvalue weighted by Crippen LogP contribution is 2.50. The summed E-state index contributed by atoms with van der Waals surface area (Å²) >= 11 is 6.04. The largest absolute Gasteiger partial charge is 0.373 e. The van der Waals surface area contributed by atoms with E-state index in [4.69, 9.17) is 16.3 Å². The first-order valence-electron chi connectivity index (χ1n) is 5.91. The van der Waals surface area contributed by atoms with Crippen molar-refractivity contribution in [3.05, 3.63) is 27.6 Å². The average molecular weight is 300 g/mol. The van der Waals surface area contributed by atoms with E-state index in [1.807, 2.05) is 0 Å². The minimum atomic E-state index is -1.68. The summed E-state index contributed by atoms with van der Waals surface area (Å²) in [5.74, 6) is -0.837. The number of carbonyl (C=O) groups is 1. The molecule has 0 bridgehead atoms. The maximum atomic E-state index is 11.8. The molecule has 9 heteroatoms. The maximum Gasteiger partial charge on any atom is 0.301 e. The smallest absolute Gasteiger partial charge is 0.301 e. The number of carbonyl (C=O) groups excluding carboxylic acids is 1. The van der Waals surface area contributed by atoms with Gasteiger partial charge < -0.3 is 4.74 Å². The fourth-order valence-corrected chi connectivity index (χ4v) is 3.34. The molecule has 0 radical (unpaired) electrons. The summed E-state index contributed by atoms with van der Waals surface area (Å²) in [7, 11) is 1.33. The van der Waals surface area contributed by atoms with Crippen LogP contribution in [-0.2, 0) is 15.1 Å². The molecule has 1 heterocycles. The van der Waals surface area contributed by atoms with Gasteiger partial charge in [-0.05, 0) is 10.3 Å². The van der Waals surface area contributed by atoms with Crippen LogP contribution in [0, 0.1) is 16.0 Å². The van der Waals surface area contributed by atoms with Gasteiger partial charge in [0.05, 0.1) is 11.0 Å². The van der Waals surface area contributed by atoms with Crippen molar-refractivity contribution in [2.24, 2.45) is 5.92 Å². The van der Waals surface area contributed by atoms with Crippen LogP contribution in [0.1, 0.15) is 24.2 Å². The molecule has 2 aliphatic carbocycles. The maximum absolute atomic E-state index is 11.8. The van der Waals surface area contributed by atoms with E-state index in [0.29, 0.717) is 0 Å². The Kier molecular flexibility index (Phi) is 2.87. The second-order valence-corrected chi connectivity index (χ2v) is 5.24. The van der Waals surface area contributed by atoms with Crippen LogP contribution < -0.4 is 0 Å². The number of hydrogen-bond donors (Lipinski definition) is 0. The van der Waals surface area contributed by atoms with E-state index in [2.05, 4.69) is 14.9 Å². The molecule has 0 spiro atoms. The molecule has 2 aliphatic rings. The molecule has 0 amide bonds. The molecule has 8 nitrogen and oxygen atoms in total. The van der Waals surface area contributed by atoms with Crippen molar-refractivity contribution in [1.82, 2.24) is 10.3 Å². The predicted molar refractivity (Wildman–Crippen MR) is 65.3 cm³/mol. The highest BCUT2D eigenvalue weighted by atomic mass is 35.5. The molecule has 0 aromatic carbocycles. The topological polar surface area (TPSA) is 108 Å². The number of ether oxygens (including phenoxy) is 1. The number of Topliss-reactive ketones (excluding diaryl/α,β-unsaturated/α-hetero) is 1. The Balaban J connectivity index is 2.28. The second-order valence-electron chi connectivity index (χ2n) is 4.84. The lowest BCUT2D eigenvalue weighted by atomic mass is 9.66. The van der Waals surface area contributed by atoms with Crippen LogP contribution in [0.5, 0.6) is 0 Å². The zero-order chi connectivity index (χ0) is 14.5. The van der Waals surface area contributed by atoms with Crippen LogP contribution in [0.3, 0.4) is 0 Å². The zero-order valence-corrected chi connectivity index (χ0v) is 11.2. The summed E-state index contributed by atoms with van der Waals surface area (Å²) < 4.78 is 9.82. The van der Waals surface area contributed by atoms with Crippen LogP contribution >= 0.6 is 11.6 Å². The molecule has 20 heavy (non-hydrogen) atoms. The Morgan fingerprint density at radius 1 is 1.55 bits per heavy atom. The van der Waals surface area contributed by atoms with Crippen LogP contribution in [0.2, 0.25) is 0 Å². The quantitative estimate of drug-likeness (QED) is 0.594. The summed E-state index contributed by atoms with van der Waals surface area (Å²) in [6.07, 6.45) is 0.505. The first-order chi connectivity index (χ1) is 9.51. The lowest BCUT2D eigenvalue weighted by Gasteiger charge is -2.40. The van der Waals surface area contributed by atoms with Gasteiger partial charge in [0.1, 0.15) is 11.9 Å². The van der Waals surface area contributed by atoms with Gasteiger partial charge in [-0.25, -0.2) is 4.63 Å². The molecule has 1 fully saturated rings. The van der Waals surface area contributed by atoms with E-state index >= 15 is 0 Å². The van der Waals surface area contributed by atoms with Crippen molar-refractivity contribution in [3.8, 4) is 0 Å². The Morgan fingerprint density at radius 3 is 2.95 bits per heavy atom. The third kappa shape index (κ3) is 1.49. The van der Waals surface area contributed by atoms with Crippen LogP contribution in [-0.4, -0.2) is 34.2 Å². The fraction of sp³-hybridized carbons (Fsp3) is 0.545. The van der Waals surface area contributed by atoms with Crippen molar-refractivity contribution in [2.75, 3.05) is 7.11 Å². The number of methoxy groups -OCH3 is 1. The number of rotatable bonds is 2. The van der Waals surface area contributed by atoms with Crippen molar-refractivity contribution in [1.29, 1.82) is 0 Å². The lowest BCUT2D eigenvalue weighted by molar-refractivity contribution is -0.605. The van der Waals surface area contributed by atoms with Gasteiger partial charge in [-0.1, -0.05) is 17.7 Å². The molecular formula is C11H10ClN3O5. The van der Waals surface area contributed by atoms with Crippen LogP contribution in [0.15, 0.2) is 10.7 Å². The molecule has 1 aromatic rings. The third-order valence-corrected chi connectivity index (χ3v) is 4.25. The minimum absolute atomic E-state index is 0.0172. The lowest BCUT2D eigenvalue weighted by Crippen LogP contribution is -2.58. The minimum Gasteiger partial charge on any atom is -0.373 e. The van der Waals surface area contributed by atoms with Crippen molar-refractivity contribution in [3.63, 3.8) is 0 Å². The number of nitro groups is 1. The molecule has 0 saturated heterocycles. The second kappa shape index (κ2) is 4.35.